The second-order valence-electron chi connectivity index (χ2n) is 5.93. The quantitative estimate of drug-likeness (QED) is 0.766. The number of pyridine rings is 1. The minimum Gasteiger partial charge on any atom is -0.318 e. The molecule has 2 N–H and O–H groups in total. The van der Waals surface area contributed by atoms with Crippen LogP contribution in [0.1, 0.15) is 29.2 Å². The molecule has 0 saturated heterocycles. The molecule has 1 aromatic heterocycles. The normalized spacial score (nSPS) is 14.1. The summed E-state index contributed by atoms with van der Waals surface area (Å²) in [6.07, 6.45) is 1.81. The molecular formula is C19H20N2. The number of benzene rings is 2. The Morgan fingerprint density at radius 2 is 1.81 bits per heavy atom. The molecule has 2 nitrogen and oxygen atoms in total. The van der Waals surface area contributed by atoms with E-state index in [2.05, 4.69) is 62.2 Å². The van der Waals surface area contributed by atoms with Gasteiger partial charge >= 0.3 is 0 Å². The summed E-state index contributed by atoms with van der Waals surface area (Å²) in [5.74, 6) is 0. The van der Waals surface area contributed by atoms with Crippen molar-refractivity contribution in [2.45, 2.75) is 26.3 Å². The molecule has 3 aromatic rings. The van der Waals surface area contributed by atoms with Gasteiger partial charge in [-0.1, -0.05) is 35.9 Å². The molecular weight excluding hydrogens is 256 g/mol. The molecule has 0 radical (unpaired) electrons. The van der Waals surface area contributed by atoms with E-state index < -0.39 is 5.54 Å². The maximum atomic E-state index is 6.70. The molecule has 0 fully saturated rings. The van der Waals surface area contributed by atoms with E-state index in [0.29, 0.717) is 0 Å². The van der Waals surface area contributed by atoms with E-state index in [-0.39, 0.29) is 0 Å². The van der Waals surface area contributed by atoms with Gasteiger partial charge in [0.1, 0.15) is 0 Å². The highest BCUT2D eigenvalue weighted by atomic mass is 14.7. The van der Waals surface area contributed by atoms with Crippen molar-refractivity contribution in [3.05, 3.63) is 77.0 Å². The molecule has 2 heteroatoms. The van der Waals surface area contributed by atoms with E-state index in [9.17, 15) is 0 Å². The van der Waals surface area contributed by atoms with Gasteiger partial charge in [-0.3, -0.25) is 4.98 Å². The lowest BCUT2D eigenvalue weighted by Crippen LogP contribution is -2.35. The first-order valence-corrected chi connectivity index (χ1v) is 7.20. The molecule has 3 rings (SSSR count). The smallest absolute Gasteiger partial charge is 0.0702 e. The molecule has 0 aliphatic rings. The summed E-state index contributed by atoms with van der Waals surface area (Å²) in [5, 5.41) is 1.12. The lowest BCUT2D eigenvalue weighted by atomic mass is 9.82. The van der Waals surface area contributed by atoms with Crippen molar-refractivity contribution in [1.82, 2.24) is 4.98 Å². The van der Waals surface area contributed by atoms with E-state index in [1.807, 2.05) is 18.3 Å². The van der Waals surface area contributed by atoms with Crippen LogP contribution in [0.4, 0.5) is 0 Å². The standard InChI is InChI=1S/C19H20N2/c1-13-6-7-14(2)17(11-13)19(3,20)16-8-9-18-15(12-16)5-4-10-21-18/h4-12H,20H2,1-3H3. The molecule has 106 valence electrons. The Kier molecular flexibility index (Phi) is 3.26. The number of nitrogens with zero attached hydrogens (tertiary/aromatic N) is 1. The number of fused-ring (bicyclic) bond motifs is 1. The van der Waals surface area contributed by atoms with Gasteiger partial charge in [-0.25, -0.2) is 0 Å². The molecule has 0 amide bonds. The highest BCUT2D eigenvalue weighted by Crippen LogP contribution is 2.31. The van der Waals surface area contributed by atoms with Gasteiger partial charge in [0.2, 0.25) is 0 Å². The van der Waals surface area contributed by atoms with Crippen LogP contribution in [0, 0.1) is 13.8 Å². The van der Waals surface area contributed by atoms with Crippen molar-refractivity contribution >= 4 is 10.9 Å². The van der Waals surface area contributed by atoms with Crippen LogP contribution in [0.15, 0.2) is 54.7 Å². The van der Waals surface area contributed by atoms with Crippen LogP contribution < -0.4 is 5.73 Å². The molecule has 1 unspecified atom stereocenters. The number of hydrogen-bond donors (Lipinski definition) is 1. The summed E-state index contributed by atoms with van der Waals surface area (Å²) in [4.78, 5) is 4.37. The Bertz CT molecular complexity index is 804. The minimum atomic E-state index is -0.514. The predicted molar refractivity (Wildman–Crippen MR) is 88.3 cm³/mol. The summed E-state index contributed by atoms with van der Waals surface area (Å²) in [5.41, 5.74) is 11.9. The SMILES string of the molecule is Cc1ccc(C)c(C(C)(N)c2ccc3ncccc3c2)c1. The van der Waals surface area contributed by atoms with Crippen molar-refractivity contribution in [3.8, 4) is 0 Å². The first-order valence-electron chi connectivity index (χ1n) is 7.20. The molecule has 1 atom stereocenters. The molecule has 0 saturated carbocycles. The minimum absolute atomic E-state index is 0.514. The number of nitrogens with two attached hydrogens (primary N) is 1. The largest absolute Gasteiger partial charge is 0.318 e. The maximum Gasteiger partial charge on any atom is 0.0702 e. The Morgan fingerprint density at radius 1 is 1.00 bits per heavy atom. The lowest BCUT2D eigenvalue weighted by Gasteiger charge is -2.28. The molecule has 0 bridgehead atoms. The summed E-state index contributed by atoms with van der Waals surface area (Å²) >= 11 is 0. The van der Waals surface area contributed by atoms with Crippen LogP contribution in [0.25, 0.3) is 10.9 Å². The van der Waals surface area contributed by atoms with Crippen molar-refractivity contribution < 1.29 is 0 Å². The fourth-order valence-corrected chi connectivity index (χ4v) is 2.85. The van der Waals surface area contributed by atoms with Crippen LogP contribution in [-0.4, -0.2) is 4.98 Å². The molecule has 2 aromatic carbocycles. The Labute approximate surface area is 125 Å². The van der Waals surface area contributed by atoms with E-state index in [0.717, 1.165) is 16.5 Å². The van der Waals surface area contributed by atoms with E-state index >= 15 is 0 Å². The van der Waals surface area contributed by atoms with Gasteiger partial charge in [-0.2, -0.15) is 0 Å². The van der Waals surface area contributed by atoms with Crippen molar-refractivity contribution in [1.29, 1.82) is 0 Å². The van der Waals surface area contributed by atoms with Crippen LogP contribution in [0.3, 0.4) is 0 Å². The number of rotatable bonds is 2. The lowest BCUT2D eigenvalue weighted by molar-refractivity contribution is 0.599. The molecule has 21 heavy (non-hydrogen) atoms. The van der Waals surface area contributed by atoms with Gasteiger partial charge in [-0.05, 0) is 55.7 Å². The van der Waals surface area contributed by atoms with Gasteiger partial charge in [0.15, 0.2) is 0 Å². The monoisotopic (exact) mass is 276 g/mol. The van der Waals surface area contributed by atoms with Crippen LogP contribution in [0.5, 0.6) is 0 Å². The maximum absolute atomic E-state index is 6.70. The first-order chi connectivity index (χ1) is 9.98. The van der Waals surface area contributed by atoms with Crippen molar-refractivity contribution in [3.63, 3.8) is 0 Å². The van der Waals surface area contributed by atoms with E-state index in [4.69, 9.17) is 5.73 Å². The van der Waals surface area contributed by atoms with Gasteiger partial charge < -0.3 is 5.73 Å². The van der Waals surface area contributed by atoms with Crippen molar-refractivity contribution in [2.24, 2.45) is 5.73 Å². The van der Waals surface area contributed by atoms with Gasteiger partial charge in [0.05, 0.1) is 11.1 Å². The zero-order valence-corrected chi connectivity index (χ0v) is 12.7. The Balaban J connectivity index is 2.17. The summed E-state index contributed by atoms with van der Waals surface area (Å²) in [6.45, 7) is 6.29. The second kappa shape index (κ2) is 4.97. The highest BCUT2D eigenvalue weighted by Gasteiger charge is 2.25. The van der Waals surface area contributed by atoms with Crippen molar-refractivity contribution in [2.75, 3.05) is 0 Å². The number of aromatic nitrogens is 1. The summed E-state index contributed by atoms with van der Waals surface area (Å²) in [6, 6.07) is 16.7. The average molecular weight is 276 g/mol. The third-order valence-corrected chi connectivity index (χ3v) is 4.16. The molecule has 0 aliphatic carbocycles. The average Bonchev–Trinajstić information content (AvgIpc) is 2.49. The zero-order chi connectivity index (χ0) is 15.0. The molecule has 0 aliphatic heterocycles. The topological polar surface area (TPSA) is 38.9 Å². The van der Waals surface area contributed by atoms with Gasteiger partial charge in [0, 0.05) is 11.6 Å². The van der Waals surface area contributed by atoms with E-state index in [1.54, 1.807) is 0 Å². The van der Waals surface area contributed by atoms with E-state index in [1.165, 1.54) is 16.7 Å². The highest BCUT2D eigenvalue weighted by molar-refractivity contribution is 5.79. The van der Waals surface area contributed by atoms with Gasteiger partial charge in [-0.15, -0.1) is 0 Å². The number of hydrogen-bond acceptors (Lipinski definition) is 2. The fraction of sp³-hybridized carbons (Fsp3) is 0.211. The third kappa shape index (κ3) is 2.43. The molecule has 0 spiro atoms. The fourth-order valence-electron chi connectivity index (χ4n) is 2.85. The first kappa shape index (κ1) is 13.8. The third-order valence-electron chi connectivity index (χ3n) is 4.16. The summed E-state index contributed by atoms with van der Waals surface area (Å²) < 4.78 is 0. The summed E-state index contributed by atoms with van der Waals surface area (Å²) in [7, 11) is 0. The van der Waals surface area contributed by atoms with Crippen LogP contribution in [0.2, 0.25) is 0 Å². The zero-order valence-electron chi connectivity index (χ0n) is 12.7. The second-order valence-corrected chi connectivity index (χ2v) is 5.93. The Hall–Kier alpha value is -2.19. The van der Waals surface area contributed by atoms with Gasteiger partial charge in [0.25, 0.3) is 0 Å². The Morgan fingerprint density at radius 3 is 2.62 bits per heavy atom. The predicted octanol–water partition coefficient (Wildman–Crippen LogP) is 4.07. The number of aryl methyl sites for hydroxylation is 2. The van der Waals surface area contributed by atoms with Crippen LogP contribution >= 0.6 is 0 Å². The molecule has 1 heterocycles. The van der Waals surface area contributed by atoms with Crippen LogP contribution in [-0.2, 0) is 5.54 Å².